The minimum atomic E-state index is -0.279. The van der Waals surface area contributed by atoms with Crippen LogP contribution in [-0.4, -0.2) is 19.2 Å². The Balaban J connectivity index is 2.55. The zero-order chi connectivity index (χ0) is 10.8. The van der Waals surface area contributed by atoms with Crippen LogP contribution in [0.2, 0.25) is 0 Å². The van der Waals surface area contributed by atoms with Crippen LogP contribution in [0.15, 0.2) is 28.7 Å². The number of benzene rings is 1. The number of carbonyl (C=O) groups excluding carboxylic acids is 2. The Morgan fingerprint density at radius 1 is 1.40 bits per heavy atom. The molecule has 0 saturated carbocycles. The Labute approximate surface area is 85.9 Å². The number of furan rings is 1. The maximum Gasteiger partial charge on any atom is 0.286 e. The molecule has 4 nitrogen and oxygen atoms in total. The van der Waals surface area contributed by atoms with Gasteiger partial charge in [-0.05, 0) is 24.3 Å². The van der Waals surface area contributed by atoms with Crippen molar-refractivity contribution >= 4 is 23.2 Å². The number of hydrogen-bond acceptors (Lipinski definition) is 3. The molecular weight excluding hydrogens is 194 g/mol. The van der Waals surface area contributed by atoms with E-state index in [2.05, 4.69) is 5.32 Å². The fourth-order valence-electron chi connectivity index (χ4n) is 1.37. The van der Waals surface area contributed by atoms with E-state index in [1.165, 1.54) is 7.05 Å². The van der Waals surface area contributed by atoms with Crippen LogP contribution < -0.4 is 5.32 Å². The molecule has 0 aliphatic rings. The van der Waals surface area contributed by atoms with Gasteiger partial charge in [0, 0.05) is 18.0 Å². The smallest absolute Gasteiger partial charge is 0.286 e. The van der Waals surface area contributed by atoms with Crippen molar-refractivity contribution in [3.05, 3.63) is 35.6 Å². The predicted molar refractivity (Wildman–Crippen MR) is 55.0 cm³/mol. The van der Waals surface area contributed by atoms with Crippen LogP contribution in [0, 0.1) is 0 Å². The van der Waals surface area contributed by atoms with Gasteiger partial charge in [0.1, 0.15) is 11.9 Å². The molecule has 0 aliphatic heterocycles. The predicted octanol–water partition coefficient (Wildman–Crippen LogP) is 1.60. The summed E-state index contributed by atoms with van der Waals surface area (Å²) in [6, 6.07) is 6.61. The molecule has 0 unspecified atom stereocenters. The molecule has 4 heteroatoms. The van der Waals surface area contributed by atoms with Crippen LogP contribution in [0.3, 0.4) is 0 Å². The SMILES string of the molecule is CNC(=O)c1cc2cc(C=O)ccc2o1. The molecule has 1 N–H and O–H groups in total. The maximum atomic E-state index is 11.3. The molecule has 0 saturated heterocycles. The first kappa shape index (κ1) is 9.45. The first-order chi connectivity index (χ1) is 7.24. The van der Waals surface area contributed by atoms with E-state index < -0.39 is 0 Å². The van der Waals surface area contributed by atoms with Crippen molar-refractivity contribution in [3.8, 4) is 0 Å². The Morgan fingerprint density at radius 2 is 2.20 bits per heavy atom. The summed E-state index contributed by atoms with van der Waals surface area (Å²) in [4.78, 5) is 21.8. The molecule has 0 spiro atoms. The highest BCUT2D eigenvalue weighted by Crippen LogP contribution is 2.20. The van der Waals surface area contributed by atoms with Crippen LogP contribution in [0.5, 0.6) is 0 Å². The zero-order valence-corrected chi connectivity index (χ0v) is 8.11. The van der Waals surface area contributed by atoms with Crippen LogP contribution in [0.25, 0.3) is 11.0 Å². The summed E-state index contributed by atoms with van der Waals surface area (Å²) in [6.45, 7) is 0. The minimum Gasteiger partial charge on any atom is -0.451 e. The molecule has 2 rings (SSSR count). The lowest BCUT2D eigenvalue weighted by Crippen LogP contribution is -2.16. The third-order valence-electron chi connectivity index (χ3n) is 2.13. The Hall–Kier alpha value is -2.10. The summed E-state index contributed by atoms with van der Waals surface area (Å²) >= 11 is 0. The van der Waals surface area contributed by atoms with Gasteiger partial charge in [-0.1, -0.05) is 0 Å². The van der Waals surface area contributed by atoms with Gasteiger partial charge in [-0.2, -0.15) is 0 Å². The number of rotatable bonds is 2. The lowest BCUT2D eigenvalue weighted by Gasteiger charge is -1.91. The van der Waals surface area contributed by atoms with Gasteiger partial charge in [-0.3, -0.25) is 9.59 Å². The number of nitrogens with one attached hydrogen (secondary N) is 1. The summed E-state index contributed by atoms with van der Waals surface area (Å²) < 4.78 is 5.29. The van der Waals surface area contributed by atoms with E-state index in [4.69, 9.17) is 4.42 Å². The van der Waals surface area contributed by atoms with Crippen LogP contribution >= 0.6 is 0 Å². The van der Waals surface area contributed by atoms with Gasteiger partial charge in [-0.15, -0.1) is 0 Å². The summed E-state index contributed by atoms with van der Waals surface area (Å²) in [5.74, 6) is -0.0330. The van der Waals surface area contributed by atoms with Crippen molar-refractivity contribution in [1.29, 1.82) is 0 Å². The zero-order valence-electron chi connectivity index (χ0n) is 8.11. The molecule has 1 amide bonds. The van der Waals surface area contributed by atoms with E-state index in [0.717, 1.165) is 11.7 Å². The van der Waals surface area contributed by atoms with Gasteiger partial charge in [0.25, 0.3) is 5.91 Å². The molecule has 1 aromatic carbocycles. The van der Waals surface area contributed by atoms with Gasteiger partial charge >= 0.3 is 0 Å². The lowest BCUT2D eigenvalue weighted by molar-refractivity contribution is 0.0937. The fraction of sp³-hybridized carbons (Fsp3) is 0.0909. The van der Waals surface area contributed by atoms with Crippen LogP contribution in [-0.2, 0) is 0 Å². The molecule has 1 heterocycles. The van der Waals surface area contributed by atoms with Crippen LogP contribution in [0.1, 0.15) is 20.9 Å². The Morgan fingerprint density at radius 3 is 2.87 bits per heavy atom. The second-order valence-electron chi connectivity index (χ2n) is 3.10. The molecule has 15 heavy (non-hydrogen) atoms. The Kier molecular flexibility index (Phi) is 2.25. The average Bonchev–Trinajstić information content (AvgIpc) is 2.70. The van der Waals surface area contributed by atoms with Crippen molar-refractivity contribution < 1.29 is 14.0 Å². The molecule has 1 aromatic heterocycles. The molecule has 0 fully saturated rings. The van der Waals surface area contributed by atoms with Crippen molar-refractivity contribution in [3.63, 3.8) is 0 Å². The van der Waals surface area contributed by atoms with E-state index in [1.807, 2.05) is 0 Å². The average molecular weight is 203 g/mol. The molecule has 0 atom stereocenters. The number of aldehydes is 1. The number of fused-ring (bicyclic) bond motifs is 1. The third-order valence-corrected chi connectivity index (χ3v) is 2.13. The van der Waals surface area contributed by atoms with Gasteiger partial charge in [0.15, 0.2) is 5.76 Å². The normalized spacial score (nSPS) is 10.2. The van der Waals surface area contributed by atoms with Crippen molar-refractivity contribution in [2.75, 3.05) is 7.05 Å². The van der Waals surface area contributed by atoms with E-state index in [9.17, 15) is 9.59 Å². The molecule has 0 bridgehead atoms. The topological polar surface area (TPSA) is 59.3 Å². The number of amides is 1. The second kappa shape index (κ2) is 3.57. The first-order valence-corrected chi connectivity index (χ1v) is 4.45. The van der Waals surface area contributed by atoms with E-state index >= 15 is 0 Å². The van der Waals surface area contributed by atoms with E-state index in [-0.39, 0.29) is 11.7 Å². The summed E-state index contributed by atoms with van der Waals surface area (Å²) in [5, 5.41) is 3.22. The standard InChI is InChI=1S/C11H9NO3/c1-12-11(14)10-5-8-4-7(6-13)2-3-9(8)15-10/h2-6H,1H3,(H,12,14). The fourth-order valence-corrected chi connectivity index (χ4v) is 1.37. The molecular formula is C11H9NO3. The van der Waals surface area contributed by atoms with E-state index in [1.54, 1.807) is 24.3 Å². The monoisotopic (exact) mass is 203 g/mol. The van der Waals surface area contributed by atoms with Crippen molar-refractivity contribution in [1.82, 2.24) is 5.32 Å². The van der Waals surface area contributed by atoms with Gasteiger partial charge in [0.05, 0.1) is 0 Å². The number of carbonyl (C=O) groups is 2. The molecule has 2 aromatic rings. The highest BCUT2D eigenvalue weighted by Gasteiger charge is 2.10. The largest absolute Gasteiger partial charge is 0.451 e. The highest BCUT2D eigenvalue weighted by atomic mass is 16.3. The van der Waals surface area contributed by atoms with Gasteiger partial charge < -0.3 is 9.73 Å². The van der Waals surface area contributed by atoms with Gasteiger partial charge in [0.2, 0.25) is 0 Å². The maximum absolute atomic E-state index is 11.3. The van der Waals surface area contributed by atoms with Crippen molar-refractivity contribution in [2.24, 2.45) is 0 Å². The Bertz CT molecular complexity index is 528. The molecule has 76 valence electrons. The van der Waals surface area contributed by atoms with Crippen molar-refractivity contribution in [2.45, 2.75) is 0 Å². The quantitative estimate of drug-likeness (QED) is 0.754. The minimum absolute atomic E-state index is 0.246. The molecule has 0 radical (unpaired) electrons. The third kappa shape index (κ3) is 1.61. The summed E-state index contributed by atoms with van der Waals surface area (Å²) in [6.07, 6.45) is 0.756. The first-order valence-electron chi connectivity index (χ1n) is 4.45. The van der Waals surface area contributed by atoms with Crippen LogP contribution in [0.4, 0.5) is 0 Å². The second-order valence-corrected chi connectivity index (χ2v) is 3.10. The summed E-state index contributed by atoms with van der Waals surface area (Å²) in [7, 11) is 1.53. The van der Waals surface area contributed by atoms with E-state index in [0.29, 0.717) is 11.1 Å². The van der Waals surface area contributed by atoms with Gasteiger partial charge in [-0.25, -0.2) is 0 Å². The molecule has 0 aliphatic carbocycles. The number of hydrogen-bond donors (Lipinski definition) is 1. The highest BCUT2D eigenvalue weighted by molar-refractivity contribution is 5.96. The lowest BCUT2D eigenvalue weighted by atomic mass is 10.2. The summed E-state index contributed by atoms with van der Waals surface area (Å²) in [5.41, 5.74) is 1.16.